The van der Waals surface area contributed by atoms with E-state index < -0.39 is 17.6 Å². The van der Waals surface area contributed by atoms with E-state index in [4.69, 9.17) is 4.74 Å². The van der Waals surface area contributed by atoms with E-state index in [0.29, 0.717) is 0 Å². The van der Waals surface area contributed by atoms with Gasteiger partial charge in [-0.3, -0.25) is 0 Å². The summed E-state index contributed by atoms with van der Waals surface area (Å²) in [6.07, 6.45) is -4.46. The van der Waals surface area contributed by atoms with Gasteiger partial charge in [0, 0.05) is 5.69 Å². The summed E-state index contributed by atoms with van der Waals surface area (Å²) in [5.74, 6) is -0.925. The Balaban J connectivity index is 1.70. The van der Waals surface area contributed by atoms with Crippen molar-refractivity contribution < 1.29 is 26.9 Å². The maximum Gasteiger partial charge on any atom is 0.416 e. The van der Waals surface area contributed by atoms with Gasteiger partial charge in [-0.2, -0.15) is 23.1 Å². The lowest BCUT2D eigenvalue weighted by molar-refractivity contribution is -0.137. The van der Waals surface area contributed by atoms with E-state index >= 15 is 0 Å². The zero-order valence-electron chi connectivity index (χ0n) is 13.7. The van der Waals surface area contributed by atoms with Crippen LogP contribution < -0.4 is 10.1 Å². The third kappa shape index (κ3) is 3.54. The number of para-hydroxylation sites is 1. The summed E-state index contributed by atoms with van der Waals surface area (Å²) in [6.45, 7) is 0. The number of alkyl halides is 3. The van der Waals surface area contributed by atoms with E-state index in [1.54, 1.807) is 6.07 Å². The summed E-state index contributed by atoms with van der Waals surface area (Å²) in [4.78, 5) is 8.18. The highest BCUT2D eigenvalue weighted by Crippen LogP contribution is 2.33. The van der Waals surface area contributed by atoms with Crippen molar-refractivity contribution in [2.45, 2.75) is 6.18 Å². The standard InChI is InChI=1S/C17H9F4N5O2/c18-11-3-1-2-4-12(11)27-16-15(23-13-14(24-16)26-28-25-13)22-10-7-5-9(6-8-10)17(19,20)21/h1-8H,(H,22,23,25). The summed E-state index contributed by atoms with van der Waals surface area (Å²) in [5, 5.41) is 9.87. The summed E-state index contributed by atoms with van der Waals surface area (Å²) < 4.78 is 62.0. The fraction of sp³-hybridized carbons (Fsp3) is 0.0588. The Bertz CT molecular complexity index is 1130. The molecule has 0 aliphatic heterocycles. The van der Waals surface area contributed by atoms with Gasteiger partial charge < -0.3 is 10.1 Å². The van der Waals surface area contributed by atoms with Crippen molar-refractivity contribution >= 4 is 22.8 Å². The SMILES string of the molecule is Fc1ccccc1Oc1nc2nonc2nc1Nc1ccc(C(F)(F)F)cc1. The first kappa shape index (κ1) is 17.6. The quantitative estimate of drug-likeness (QED) is 0.504. The molecule has 0 aliphatic carbocycles. The molecule has 11 heteroatoms. The maximum atomic E-state index is 13.9. The molecule has 1 N–H and O–H groups in total. The average molecular weight is 391 g/mol. The molecule has 0 fully saturated rings. The molecular weight excluding hydrogens is 382 g/mol. The van der Waals surface area contributed by atoms with Crippen LogP contribution in [0.5, 0.6) is 11.6 Å². The Kier molecular flexibility index (Phi) is 4.26. The highest BCUT2D eigenvalue weighted by molar-refractivity contribution is 5.71. The zero-order valence-corrected chi connectivity index (χ0v) is 13.7. The molecule has 0 radical (unpaired) electrons. The predicted octanol–water partition coefficient (Wildman–Crippen LogP) is 4.71. The molecule has 0 amide bonds. The molecule has 0 aliphatic rings. The van der Waals surface area contributed by atoms with E-state index in [0.717, 1.165) is 12.1 Å². The first-order valence-electron chi connectivity index (χ1n) is 7.77. The second-order valence-corrected chi connectivity index (χ2v) is 5.52. The van der Waals surface area contributed by atoms with Gasteiger partial charge >= 0.3 is 6.18 Å². The highest BCUT2D eigenvalue weighted by Gasteiger charge is 2.30. The van der Waals surface area contributed by atoms with E-state index in [9.17, 15) is 17.6 Å². The largest absolute Gasteiger partial charge is 0.433 e. The molecule has 0 unspecified atom stereocenters. The predicted molar refractivity (Wildman–Crippen MR) is 88.6 cm³/mol. The summed E-state index contributed by atoms with van der Waals surface area (Å²) in [5.41, 5.74) is -0.473. The van der Waals surface area contributed by atoms with Crippen LogP contribution in [0, 0.1) is 5.82 Å². The zero-order chi connectivity index (χ0) is 19.7. The van der Waals surface area contributed by atoms with Crippen molar-refractivity contribution in [3.8, 4) is 11.6 Å². The van der Waals surface area contributed by atoms with Crippen LogP contribution in [-0.2, 0) is 6.18 Å². The molecule has 0 atom stereocenters. The fourth-order valence-electron chi connectivity index (χ4n) is 2.29. The van der Waals surface area contributed by atoms with Crippen molar-refractivity contribution in [2.75, 3.05) is 5.32 Å². The Morgan fingerprint density at radius 2 is 1.57 bits per heavy atom. The number of rotatable bonds is 4. The molecule has 0 saturated heterocycles. The fourth-order valence-corrected chi connectivity index (χ4v) is 2.29. The van der Waals surface area contributed by atoms with Gasteiger partial charge in [0.15, 0.2) is 17.4 Å². The van der Waals surface area contributed by atoms with Gasteiger partial charge in [-0.05, 0) is 46.7 Å². The molecule has 7 nitrogen and oxygen atoms in total. The van der Waals surface area contributed by atoms with Gasteiger partial charge in [-0.1, -0.05) is 12.1 Å². The van der Waals surface area contributed by atoms with Crippen LogP contribution in [-0.4, -0.2) is 20.3 Å². The van der Waals surface area contributed by atoms with E-state index in [1.165, 1.54) is 30.3 Å². The molecule has 28 heavy (non-hydrogen) atoms. The highest BCUT2D eigenvalue weighted by atomic mass is 19.4. The summed E-state index contributed by atoms with van der Waals surface area (Å²) >= 11 is 0. The van der Waals surface area contributed by atoms with Crippen molar-refractivity contribution in [1.29, 1.82) is 0 Å². The van der Waals surface area contributed by atoms with Gasteiger partial charge in [0.2, 0.25) is 11.3 Å². The second kappa shape index (κ2) is 6.76. The van der Waals surface area contributed by atoms with Crippen LogP contribution >= 0.6 is 0 Å². The molecule has 0 bridgehead atoms. The average Bonchev–Trinajstić information content (AvgIpc) is 3.11. The minimum atomic E-state index is -4.46. The number of nitrogens with zero attached hydrogens (tertiary/aromatic N) is 4. The molecule has 4 aromatic rings. The molecule has 2 aromatic heterocycles. The van der Waals surface area contributed by atoms with Crippen LogP contribution in [0.25, 0.3) is 11.3 Å². The monoisotopic (exact) mass is 391 g/mol. The van der Waals surface area contributed by atoms with Crippen LogP contribution in [0.3, 0.4) is 0 Å². The number of benzene rings is 2. The van der Waals surface area contributed by atoms with E-state index in [2.05, 4.69) is 30.2 Å². The van der Waals surface area contributed by atoms with Crippen molar-refractivity contribution in [3.63, 3.8) is 0 Å². The number of hydrogen-bond acceptors (Lipinski definition) is 7. The number of fused-ring (bicyclic) bond motifs is 1. The third-order valence-electron chi connectivity index (χ3n) is 3.60. The van der Waals surface area contributed by atoms with Gasteiger partial charge in [-0.15, -0.1) is 0 Å². The Morgan fingerprint density at radius 1 is 0.893 bits per heavy atom. The molecule has 4 rings (SSSR count). The number of halogens is 4. The lowest BCUT2D eigenvalue weighted by atomic mass is 10.2. The van der Waals surface area contributed by atoms with Crippen molar-refractivity contribution in [1.82, 2.24) is 20.3 Å². The minimum absolute atomic E-state index is 0.00814. The molecule has 2 heterocycles. The Hall–Kier alpha value is -3.76. The lowest BCUT2D eigenvalue weighted by Gasteiger charge is -2.12. The van der Waals surface area contributed by atoms with Crippen molar-refractivity contribution in [2.24, 2.45) is 0 Å². The van der Waals surface area contributed by atoms with Gasteiger partial charge in [0.05, 0.1) is 5.56 Å². The molecule has 0 saturated carbocycles. The second-order valence-electron chi connectivity index (χ2n) is 5.52. The van der Waals surface area contributed by atoms with Crippen molar-refractivity contribution in [3.05, 3.63) is 59.9 Å². The topological polar surface area (TPSA) is 86.0 Å². The normalized spacial score (nSPS) is 11.6. The first-order valence-corrected chi connectivity index (χ1v) is 7.77. The van der Waals surface area contributed by atoms with Gasteiger partial charge in [0.25, 0.3) is 5.88 Å². The lowest BCUT2D eigenvalue weighted by Crippen LogP contribution is -2.05. The number of nitrogens with one attached hydrogen (secondary N) is 1. The number of aromatic nitrogens is 4. The molecule has 142 valence electrons. The first-order chi connectivity index (χ1) is 13.4. The number of ether oxygens (including phenoxy) is 1. The van der Waals surface area contributed by atoms with Gasteiger partial charge in [0.1, 0.15) is 0 Å². The van der Waals surface area contributed by atoms with Crippen LogP contribution in [0.2, 0.25) is 0 Å². The third-order valence-corrected chi connectivity index (χ3v) is 3.60. The minimum Gasteiger partial charge on any atom is -0.433 e. The van der Waals surface area contributed by atoms with E-state index in [1.807, 2.05) is 0 Å². The summed E-state index contributed by atoms with van der Waals surface area (Å²) in [6, 6.07) is 9.86. The smallest absolute Gasteiger partial charge is 0.416 e. The Labute approximate surface area is 153 Å². The number of anilines is 2. The molecule has 2 aromatic carbocycles. The van der Waals surface area contributed by atoms with Crippen LogP contribution in [0.1, 0.15) is 5.56 Å². The van der Waals surface area contributed by atoms with Crippen LogP contribution in [0.15, 0.2) is 53.2 Å². The maximum absolute atomic E-state index is 13.9. The number of hydrogen-bond donors (Lipinski definition) is 1. The van der Waals surface area contributed by atoms with Gasteiger partial charge in [-0.25, -0.2) is 9.02 Å². The molecule has 0 spiro atoms. The van der Waals surface area contributed by atoms with Crippen LogP contribution in [0.4, 0.5) is 29.1 Å². The molecular formula is C17H9F4N5O2. The Morgan fingerprint density at radius 3 is 2.25 bits per heavy atom. The summed E-state index contributed by atoms with van der Waals surface area (Å²) in [7, 11) is 0. The van der Waals surface area contributed by atoms with E-state index in [-0.39, 0.29) is 34.4 Å².